The number of likely N-dealkylation sites (tertiary alicyclic amines) is 2. The largest absolute Gasteiger partial charge is 0.337 e. The number of carbonyl (C=O) groups is 4. The highest BCUT2D eigenvalue weighted by Crippen LogP contribution is 2.39. The Labute approximate surface area is 267 Å². The second-order valence-electron chi connectivity index (χ2n) is 12.4. The fourth-order valence-electron chi connectivity index (χ4n) is 6.71. The van der Waals surface area contributed by atoms with Gasteiger partial charge in [0.1, 0.15) is 0 Å². The van der Waals surface area contributed by atoms with E-state index in [4.69, 9.17) is 24.4 Å². The molecular weight excluding hydrogens is 621 g/mol. The number of hydrogen-bond acceptors (Lipinski definition) is 8. The van der Waals surface area contributed by atoms with Gasteiger partial charge in [0, 0.05) is 25.9 Å². The Balaban J connectivity index is 1.08. The maximum atomic E-state index is 13.5. The van der Waals surface area contributed by atoms with Crippen LogP contribution in [0.1, 0.15) is 69.4 Å². The zero-order valence-corrected chi connectivity index (χ0v) is 27.4. The van der Waals surface area contributed by atoms with E-state index in [9.17, 15) is 19.2 Å². The molecule has 2 aliphatic heterocycles. The Bertz CT molecular complexity index is 1900. The normalized spacial score (nSPS) is 20.3. The van der Waals surface area contributed by atoms with Crippen LogP contribution in [0, 0.1) is 19.2 Å². The van der Waals surface area contributed by atoms with E-state index in [1.807, 2.05) is 36.4 Å². The van der Waals surface area contributed by atoms with Crippen LogP contribution in [0.15, 0.2) is 36.4 Å². The number of thiazole rings is 2. The van der Waals surface area contributed by atoms with E-state index >= 15 is 0 Å². The number of imide groups is 2. The Morgan fingerprint density at radius 2 is 1.33 bits per heavy atom. The maximum absolute atomic E-state index is 13.5. The van der Waals surface area contributed by atoms with Crippen molar-refractivity contribution in [3.8, 4) is 0 Å². The van der Waals surface area contributed by atoms with Crippen LogP contribution in [-0.2, 0) is 19.2 Å². The SMILES string of the molecule is CC(CCN1C(=O)CC(c2cccc3sc(=S)[nH]c23)C1=O)CC(C)(C)CN1C(=O)CC(c2cccc3sc(=S)[nH]c23)C1=O. The number of fused-ring (bicyclic) bond motifs is 2. The van der Waals surface area contributed by atoms with Crippen molar-refractivity contribution < 1.29 is 19.2 Å². The molecule has 2 aliphatic rings. The zero-order valence-electron chi connectivity index (χ0n) is 24.1. The van der Waals surface area contributed by atoms with Crippen LogP contribution >= 0.6 is 47.1 Å². The van der Waals surface area contributed by atoms with E-state index in [1.165, 1.54) is 32.5 Å². The molecule has 8 nitrogen and oxygen atoms in total. The van der Waals surface area contributed by atoms with Crippen molar-refractivity contribution in [2.45, 2.75) is 58.3 Å². The number of aromatic nitrogens is 2. The summed E-state index contributed by atoms with van der Waals surface area (Å²) in [4.78, 5) is 62.0. The summed E-state index contributed by atoms with van der Waals surface area (Å²) in [6.07, 6.45) is 1.67. The first-order valence-electron chi connectivity index (χ1n) is 14.3. The molecule has 2 saturated heterocycles. The van der Waals surface area contributed by atoms with Gasteiger partial charge in [-0.05, 0) is 71.9 Å². The number of benzene rings is 2. The predicted octanol–water partition coefficient (Wildman–Crippen LogP) is 7.06. The van der Waals surface area contributed by atoms with Gasteiger partial charge in [0.05, 0.1) is 32.3 Å². The van der Waals surface area contributed by atoms with E-state index in [0.717, 1.165) is 38.0 Å². The molecule has 2 fully saturated rings. The van der Waals surface area contributed by atoms with E-state index in [2.05, 4.69) is 30.7 Å². The molecule has 12 heteroatoms. The van der Waals surface area contributed by atoms with Crippen LogP contribution in [0.4, 0.5) is 0 Å². The molecule has 4 amide bonds. The molecule has 0 spiro atoms. The van der Waals surface area contributed by atoms with Gasteiger partial charge in [0.2, 0.25) is 23.6 Å². The van der Waals surface area contributed by atoms with Gasteiger partial charge < -0.3 is 9.97 Å². The minimum atomic E-state index is -0.528. The smallest absolute Gasteiger partial charge is 0.237 e. The zero-order chi connectivity index (χ0) is 30.6. The van der Waals surface area contributed by atoms with Crippen molar-refractivity contribution in [1.29, 1.82) is 0 Å². The topological polar surface area (TPSA) is 106 Å². The summed E-state index contributed by atoms with van der Waals surface area (Å²) in [5, 5.41) is 0. The number of carbonyl (C=O) groups excluding carboxylic acids is 4. The molecule has 0 bridgehead atoms. The quantitative estimate of drug-likeness (QED) is 0.148. The average molecular weight is 653 g/mol. The number of nitrogens with zero attached hydrogens (tertiary/aromatic N) is 2. The number of para-hydroxylation sites is 2. The lowest BCUT2D eigenvalue weighted by molar-refractivity contribution is -0.141. The minimum Gasteiger partial charge on any atom is -0.337 e. The monoisotopic (exact) mass is 652 g/mol. The highest BCUT2D eigenvalue weighted by atomic mass is 32.2. The second-order valence-corrected chi connectivity index (χ2v) is 15.9. The Hall–Kier alpha value is -3.06. The summed E-state index contributed by atoms with van der Waals surface area (Å²) in [7, 11) is 0. The lowest BCUT2D eigenvalue weighted by Crippen LogP contribution is -2.39. The van der Waals surface area contributed by atoms with Crippen molar-refractivity contribution in [2.75, 3.05) is 13.1 Å². The highest BCUT2D eigenvalue weighted by molar-refractivity contribution is 7.74. The molecular formula is C31H32N4O4S4. The highest BCUT2D eigenvalue weighted by Gasteiger charge is 2.43. The van der Waals surface area contributed by atoms with Crippen LogP contribution in [0.25, 0.3) is 20.4 Å². The molecule has 4 heterocycles. The predicted molar refractivity (Wildman–Crippen MR) is 174 cm³/mol. The van der Waals surface area contributed by atoms with Crippen LogP contribution in [-0.4, -0.2) is 56.5 Å². The molecule has 6 rings (SSSR count). The van der Waals surface area contributed by atoms with Gasteiger partial charge in [-0.2, -0.15) is 0 Å². The summed E-state index contributed by atoms with van der Waals surface area (Å²) in [6.45, 7) is 6.86. The molecule has 2 aromatic heterocycles. The van der Waals surface area contributed by atoms with E-state index < -0.39 is 11.8 Å². The Kier molecular flexibility index (Phi) is 7.99. The van der Waals surface area contributed by atoms with Crippen LogP contribution in [0.5, 0.6) is 0 Å². The van der Waals surface area contributed by atoms with Crippen molar-refractivity contribution >= 4 is 91.2 Å². The maximum Gasteiger partial charge on any atom is 0.237 e. The van der Waals surface area contributed by atoms with E-state index in [1.54, 1.807) is 0 Å². The third-order valence-electron chi connectivity index (χ3n) is 8.55. The second kappa shape index (κ2) is 11.5. The number of amides is 4. The fourth-order valence-corrected chi connectivity index (χ4v) is 8.99. The third-order valence-corrected chi connectivity index (χ3v) is 10.9. The van der Waals surface area contributed by atoms with Crippen molar-refractivity contribution in [1.82, 2.24) is 19.8 Å². The molecule has 2 N–H and O–H groups in total. The number of nitrogens with one attached hydrogen (secondary N) is 2. The number of aromatic amines is 2. The fraction of sp³-hybridized carbons (Fsp3) is 0.419. The van der Waals surface area contributed by atoms with Crippen molar-refractivity contribution in [3.63, 3.8) is 0 Å². The number of rotatable bonds is 9. The third kappa shape index (κ3) is 5.77. The molecule has 2 aromatic carbocycles. The van der Waals surface area contributed by atoms with Crippen molar-refractivity contribution in [2.24, 2.45) is 11.3 Å². The van der Waals surface area contributed by atoms with Gasteiger partial charge in [-0.3, -0.25) is 29.0 Å². The lowest BCUT2D eigenvalue weighted by Gasteiger charge is -2.32. The van der Waals surface area contributed by atoms with E-state index in [-0.39, 0.29) is 47.8 Å². The number of hydrogen-bond donors (Lipinski definition) is 2. The van der Waals surface area contributed by atoms with Crippen molar-refractivity contribution in [3.05, 3.63) is 55.4 Å². The molecule has 224 valence electrons. The van der Waals surface area contributed by atoms with Crippen LogP contribution in [0.3, 0.4) is 0 Å². The molecule has 4 aromatic rings. The minimum absolute atomic E-state index is 0.144. The molecule has 0 radical (unpaired) electrons. The van der Waals surface area contributed by atoms with Gasteiger partial charge in [-0.1, -0.05) is 45.0 Å². The summed E-state index contributed by atoms with van der Waals surface area (Å²) >= 11 is 13.5. The molecule has 43 heavy (non-hydrogen) atoms. The van der Waals surface area contributed by atoms with Gasteiger partial charge in [0.15, 0.2) is 7.91 Å². The first-order valence-corrected chi connectivity index (χ1v) is 16.8. The van der Waals surface area contributed by atoms with Gasteiger partial charge in [0.25, 0.3) is 0 Å². The first kappa shape index (κ1) is 30.0. The van der Waals surface area contributed by atoms with Gasteiger partial charge in [-0.25, -0.2) is 0 Å². The van der Waals surface area contributed by atoms with Crippen LogP contribution < -0.4 is 0 Å². The van der Waals surface area contributed by atoms with Crippen LogP contribution in [0.2, 0.25) is 0 Å². The summed E-state index contributed by atoms with van der Waals surface area (Å²) in [5.41, 5.74) is 2.96. The lowest BCUT2D eigenvalue weighted by atomic mass is 9.81. The Morgan fingerprint density at radius 1 is 0.837 bits per heavy atom. The van der Waals surface area contributed by atoms with E-state index in [0.29, 0.717) is 27.4 Å². The molecule has 3 unspecified atom stereocenters. The summed E-state index contributed by atoms with van der Waals surface area (Å²) in [6, 6.07) is 11.5. The summed E-state index contributed by atoms with van der Waals surface area (Å²) in [5.74, 6) is -1.55. The van der Waals surface area contributed by atoms with Gasteiger partial charge >= 0.3 is 0 Å². The molecule has 0 aliphatic carbocycles. The standard InChI is InChI=1S/C31H32N4O4S4/c1-16(10-11-34-23(36)12-19(27(34)38)17-6-4-8-21-25(17)32-29(40)42-21)14-31(2,3)15-35-24(37)13-20(28(35)39)18-7-5-9-22-26(18)33-30(41)43-22/h4-9,16,19-20H,10-15H2,1-3H3,(H,32,40)(H,33,41). The van der Waals surface area contributed by atoms with Gasteiger partial charge in [-0.15, -0.1) is 22.7 Å². The molecule has 0 saturated carbocycles. The molecule has 3 atom stereocenters. The number of H-pyrrole nitrogens is 2. The average Bonchev–Trinajstić information content (AvgIpc) is 3.66. The summed E-state index contributed by atoms with van der Waals surface area (Å²) < 4.78 is 3.24. The Morgan fingerprint density at radius 3 is 1.86 bits per heavy atom. The first-order chi connectivity index (χ1) is 20.4.